The van der Waals surface area contributed by atoms with Crippen molar-refractivity contribution in [3.05, 3.63) is 64.7 Å². The number of allylic oxidation sites excluding steroid dienone is 1. The van der Waals surface area contributed by atoms with Crippen molar-refractivity contribution < 1.29 is 24.7 Å². The average molecular weight is 381 g/mol. The summed E-state index contributed by atoms with van der Waals surface area (Å²) in [5.74, 6) is 0.628. The summed E-state index contributed by atoms with van der Waals surface area (Å²) in [6.45, 7) is 11.4. The minimum absolute atomic E-state index is 0.208. The van der Waals surface area contributed by atoms with Crippen LogP contribution in [0.1, 0.15) is 54.9 Å². The summed E-state index contributed by atoms with van der Waals surface area (Å²) in [4.78, 5) is 0. The first-order valence-electron chi connectivity index (χ1n) is 8.45. The molecule has 1 aliphatic carbocycles. The Labute approximate surface area is 155 Å². The van der Waals surface area contributed by atoms with Crippen molar-refractivity contribution in [3.8, 4) is 11.1 Å². The molecule has 0 bridgehead atoms. The SMILES string of the molecule is CC(C)C1=Cc2c(-c3ccc(C(C)(C)C)cc3)cccc2[CH]1[Zr]. The molecule has 0 heterocycles. The molecule has 0 saturated heterocycles. The second kappa shape index (κ2) is 6.17. The predicted octanol–water partition coefficient (Wildman–Crippen LogP) is 6.29. The van der Waals surface area contributed by atoms with E-state index in [1.165, 1.54) is 27.8 Å². The second-order valence-electron chi connectivity index (χ2n) is 7.87. The van der Waals surface area contributed by atoms with E-state index in [1.54, 1.807) is 30.3 Å². The van der Waals surface area contributed by atoms with E-state index in [0.29, 0.717) is 9.54 Å². The third-order valence-corrected chi connectivity index (χ3v) is 6.41. The van der Waals surface area contributed by atoms with Gasteiger partial charge in [0.2, 0.25) is 0 Å². The number of benzene rings is 2. The van der Waals surface area contributed by atoms with E-state index < -0.39 is 0 Å². The van der Waals surface area contributed by atoms with Crippen LogP contribution in [0.2, 0.25) is 0 Å². The standard InChI is InChI=1S/C22H25.Zr/c1-15(2)18-13-17-7-6-8-20(21(17)14-18)16-9-11-19(12-10-16)22(3,4)5;/h6-15H,1-5H3;. The van der Waals surface area contributed by atoms with Crippen LogP contribution in [0.25, 0.3) is 17.2 Å². The summed E-state index contributed by atoms with van der Waals surface area (Å²) >= 11 is 1.60. The molecule has 0 amide bonds. The Bertz CT molecular complexity index is 743. The van der Waals surface area contributed by atoms with Crippen LogP contribution < -0.4 is 0 Å². The summed E-state index contributed by atoms with van der Waals surface area (Å²) in [6, 6.07) is 15.9. The number of fused-ring (bicyclic) bond motifs is 1. The maximum absolute atomic E-state index is 2.45. The molecular weight excluding hydrogens is 355 g/mol. The number of hydrogen-bond acceptors (Lipinski definition) is 0. The fraction of sp³-hybridized carbons (Fsp3) is 0.364. The molecule has 2 aromatic rings. The van der Waals surface area contributed by atoms with E-state index in [2.05, 4.69) is 83.2 Å². The summed E-state index contributed by atoms with van der Waals surface area (Å²) in [5, 5.41) is 0. The Hall–Kier alpha value is -0.937. The fourth-order valence-electron chi connectivity index (χ4n) is 3.33. The third kappa shape index (κ3) is 3.18. The number of hydrogen-bond donors (Lipinski definition) is 0. The van der Waals surface area contributed by atoms with E-state index in [4.69, 9.17) is 0 Å². The molecule has 1 unspecified atom stereocenters. The monoisotopic (exact) mass is 379 g/mol. The summed E-state index contributed by atoms with van der Waals surface area (Å²) in [6.07, 6.45) is 2.45. The van der Waals surface area contributed by atoms with Crippen LogP contribution in [0.5, 0.6) is 0 Å². The van der Waals surface area contributed by atoms with Crippen molar-refractivity contribution in [1.82, 2.24) is 0 Å². The van der Waals surface area contributed by atoms with Crippen LogP contribution in [0, 0.1) is 5.92 Å². The number of rotatable bonds is 2. The van der Waals surface area contributed by atoms with Crippen LogP contribution in [-0.2, 0) is 30.1 Å². The second-order valence-corrected chi connectivity index (χ2v) is 9.29. The summed E-state index contributed by atoms with van der Waals surface area (Å²) in [5.41, 5.74) is 8.87. The van der Waals surface area contributed by atoms with Crippen molar-refractivity contribution in [3.63, 3.8) is 0 Å². The van der Waals surface area contributed by atoms with Crippen molar-refractivity contribution in [1.29, 1.82) is 0 Å². The molecule has 1 atom stereocenters. The van der Waals surface area contributed by atoms with E-state index in [1.807, 2.05) is 0 Å². The Morgan fingerprint density at radius 3 is 2.17 bits per heavy atom. The Morgan fingerprint density at radius 2 is 1.61 bits per heavy atom. The van der Waals surface area contributed by atoms with Crippen molar-refractivity contribution >= 4 is 6.08 Å². The topological polar surface area (TPSA) is 0 Å². The minimum atomic E-state index is 0.208. The molecule has 23 heavy (non-hydrogen) atoms. The van der Waals surface area contributed by atoms with Gasteiger partial charge >= 0.3 is 156 Å². The molecule has 2 aromatic carbocycles. The first-order valence-corrected chi connectivity index (χ1v) is 9.87. The van der Waals surface area contributed by atoms with Gasteiger partial charge in [-0.05, 0) is 0 Å². The fourth-order valence-corrected chi connectivity index (χ4v) is 4.97. The molecule has 0 nitrogen and oxygen atoms in total. The van der Waals surface area contributed by atoms with Crippen LogP contribution >= 0.6 is 0 Å². The van der Waals surface area contributed by atoms with Crippen molar-refractivity contribution in [2.45, 2.75) is 43.7 Å². The third-order valence-electron chi connectivity index (χ3n) is 4.82. The molecule has 0 N–H and O–H groups in total. The molecule has 3 rings (SSSR count). The zero-order chi connectivity index (χ0) is 16.8. The van der Waals surface area contributed by atoms with Gasteiger partial charge in [0.05, 0.1) is 0 Å². The van der Waals surface area contributed by atoms with Gasteiger partial charge in [-0.3, -0.25) is 0 Å². The van der Waals surface area contributed by atoms with Gasteiger partial charge in [-0.2, -0.15) is 0 Å². The van der Waals surface area contributed by atoms with Gasteiger partial charge in [0, 0.05) is 0 Å². The molecule has 0 spiro atoms. The zero-order valence-electron chi connectivity index (χ0n) is 14.8. The molecule has 0 aliphatic heterocycles. The van der Waals surface area contributed by atoms with Gasteiger partial charge in [0.25, 0.3) is 0 Å². The Kier molecular flexibility index (Phi) is 4.54. The normalized spacial score (nSPS) is 17.3. The van der Waals surface area contributed by atoms with Gasteiger partial charge in [-0.1, -0.05) is 0 Å². The van der Waals surface area contributed by atoms with Crippen molar-refractivity contribution in [2.24, 2.45) is 5.92 Å². The molecule has 0 aromatic heterocycles. The molecule has 1 aliphatic rings. The van der Waals surface area contributed by atoms with E-state index in [0.717, 1.165) is 0 Å². The maximum atomic E-state index is 2.45. The quantitative estimate of drug-likeness (QED) is 0.574. The van der Waals surface area contributed by atoms with Crippen LogP contribution in [0.3, 0.4) is 0 Å². The molecule has 0 fully saturated rings. The first-order chi connectivity index (χ1) is 10.8. The summed E-state index contributed by atoms with van der Waals surface area (Å²) in [7, 11) is 0. The van der Waals surface area contributed by atoms with E-state index in [9.17, 15) is 0 Å². The van der Waals surface area contributed by atoms with Crippen LogP contribution in [-0.4, -0.2) is 0 Å². The molecule has 0 saturated carbocycles. The first kappa shape index (κ1) is 16.9. The zero-order valence-corrected chi connectivity index (χ0v) is 17.2. The molecule has 1 heteroatoms. The van der Waals surface area contributed by atoms with E-state index in [-0.39, 0.29) is 5.41 Å². The Morgan fingerprint density at radius 1 is 0.957 bits per heavy atom. The summed E-state index contributed by atoms with van der Waals surface area (Å²) < 4.78 is 0.631. The molecule has 117 valence electrons. The van der Waals surface area contributed by atoms with Gasteiger partial charge in [-0.15, -0.1) is 0 Å². The van der Waals surface area contributed by atoms with Gasteiger partial charge < -0.3 is 0 Å². The average Bonchev–Trinajstić information content (AvgIpc) is 2.84. The molecular formula is C22H25Zr. The van der Waals surface area contributed by atoms with Crippen LogP contribution in [0.15, 0.2) is 48.0 Å². The van der Waals surface area contributed by atoms with Crippen LogP contribution in [0.4, 0.5) is 0 Å². The van der Waals surface area contributed by atoms with Gasteiger partial charge in [0.15, 0.2) is 0 Å². The predicted molar refractivity (Wildman–Crippen MR) is 96.1 cm³/mol. The van der Waals surface area contributed by atoms with Crippen molar-refractivity contribution in [2.75, 3.05) is 0 Å². The van der Waals surface area contributed by atoms with Gasteiger partial charge in [-0.25, -0.2) is 0 Å². The van der Waals surface area contributed by atoms with E-state index >= 15 is 0 Å². The Balaban J connectivity index is 2.07. The van der Waals surface area contributed by atoms with Gasteiger partial charge in [0.1, 0.15) is 0 Å². The molecule has 0 radical (unpaired) electrons.